The first kappa shape index (κ1) is 23.3. The molecule has 0 atom stereocenters. The van der Waals surface area contributed by atoms with E-state index in [1.807, 2.05) is 0 Å². The Kier molecular flexibility index (Phi) is 6.81. The van der Waals surface area contributed by atoms with Crippen LogP contribution >= 0.6 is 0 Å². The fraction of sp³-hybridized carbons (Fsp3) is 0. The summed E-state index contributed by atoms with van der Waals surface area (Å²) in [5.41, 5.74) is 0.684. The molecule has 0 unspecified atom stereocenters. The maximum Gasteiger partial charge on any atom is 0.339 e. The summed E-state index contributed by atoms with van der Waals surface area (Å²) in [6.07, 6.45) is 3.05. The van der Waals surface area contributed by atoms with Gasteiger partial charge in [-0.05, 0) is 47.5 Å². The van der Waals surface area contributed by atoms with Gasteiger partial charge in [0.05, 0.1) is 0 Å². The SMILES string of the molecule is O=S(=O)(Oc1ccccc1)c1ccccc1/C=C\c1ccccc1S(=O)(=O)Oc1ccccc1. The Hall–Kier alpha value is -3.88. The van der Waals surface area contributed by atoms with Crippen molar-refractivity contribution in [3.8, 4) is 11.5 Å². The Morgan fingerprint density at radius 3 is 1.15 bits per heavy atom. The van der Waals surface area contributed by atoms with Crippen LogP contribution in [0.1, 0.15) is 11.1 Å². The second-order valence-corrected chi connectivity index (χ2v) is 10.1. The van der Waals surface area contributed by atoms with Crippen LogP contribution in [0, 0.1) is 0 Å². The molecule has 0 aliphatic rings. The molecule has 4 rings (SSSR count). The van der Waals surface area contributed by atoms with E-state index in [1.165, 1.54) is 24.3 Å². The smallest absolute Gasteiger partial charge is 0.339 e. The monoisotopic (exact) mass is 492 g/mol. The Balaban J connectivity index is 1.66. The minimum absolute atomic E-state index is 0.0454. The fourth-order valence-corrected chi connectivity index (χ4v) is 5.42. The van der Waals surface area contributed by atoms with E-state index in [-0.39, 0.29) is 21.3 Å². The van der Waals surface area contributed by atoms with Crippen molar-refractivity contribution in [2.75, 3.05) is 0 Å². The molecule has 6 nitrogen and oxygen atoms in total. The van der Waals surface area contributed by atoms with Crippen LogP contribution in [0.3, 0.4) is 0 Å². The van der Waals surface area contributed by atoms with Crippen molar-refractivity contribution in [1.82, 2.24) is 0 Å². The zero-order valence-corrected chi connectivity index (χ0v) is 19.4. The number of benzene rings is 4. The van der Waals surface area contributed by atoms with E-state index in [0.29, 0.717) is 11.1 Å². The van der Waals surface area contributed by atoms with Gasteiger partial charge in [0, 0.05) is 0 Å². The van der Waals surface area contributed by atoms with E-state index >= 15 is 0 Å². The van der Waals surface area contributed by atoms with Crippen LogP contribution in [0.4, 0.5) is 0 Å². The van der Waals surface area contributed by atoms with E-state index in [4.69, 9.17) is 8.37 Å². The van der Waals surface area contributed by atoms with Gasteiger partial charge in [-0.1, -0.05) is 84.9 Å². The summed E-state index contributed by atoms with van der Waals surface area (Å²) in [5.74, 6) is 0.381. The average molecular weight is 493 g/mol. The summed E-state index contributed by atoms with van der Waals surface area (Å²) in [6.45, 7) is 0. The van der Waals surface area contributed by atoms with Crippen LogP contribution in [0.25, 0.3) is 12.2 Å². The van der Waals surface area contributed by atoms with Crippen molar-refractivity contribution < 1.29 is 25.2 Å². The summed E-state index contributed by atoms with van der Waals surface area (Å²) >= 11 is 0. The molecule has 0 heterocycles. The molecule has 34 heavy (non-hydrogen) atoms. The maximum atomic E-state index is 12.9. The van der Waals surface area contributed by atoms with Gasteiger partial charge in [0.25, 0.3) is 0 Å². The lowest BCUT2D eigenvalue weighted by molar-refractivity contribution is 0.484. The molecule has 4 aromatic rings. The molecule has 0 aromatic heterocycles. The molecular weight excluding hydrogens is 472 g/mol. The first-order chi connectivity index (χ1) is 16.4. The van der Waals surface area contributed by atoms with E-state index in [1.54, 1.807) is 97.1 Å². The lowest BCUT2D eigenvalue weighted by atomic mass is 10.1. The highest BCUT2D eigenvalue weighted by atomic mass is 32.2. The quantitative estimate of drug-likeness (QED) is 0.242. The summed E-state index contributed by atoms with van der Waals surface area (Å²) < 4.78 is 62.1. The standard InChI is InChI=1S/C26H20O6S2/c27-33(28,31-23-13-3-1-4-14-23)25-17-9-7-11-21(25)19-20-22-12-8-10-18-26(22)34(29,30)32-24-15-5-2-6-16-24/h1-20H/b20-19-. The molecule has 0 saturated heterocycles. The molecule has 172 valence electrons. The van der Waals surface area contributed by atoms with E-state index in [2.05, 4.69) is 0 Å². The van der Waals surface area contributed by atoms with Crippen LogP contribution in [-0.2, 0) is 20.2 Å². The van der Waals surface area contributed by atoms with Gasteiger partial charge < -0.3 is 8.37 Å². The summed E-state index contributed by atoms with van der Waals surface area (Å²) in [6, 6.07) is 29.0. The second-order valence-electron chi connectivity index (χ2n) is 7.11. The normalized spacial score (nSPS) is 11.9. The third kappa shape index (κ3) is 5.54. The molecule has 8 heteroatoms. The third-order valence-corrected chi connectivity index (χ3v) is 7.36. The third-order valence-electron chi connectivity index (χ3n) is 4.72. The lowest BCUT2D eigenvalue weighted by Crippen LogP contribution is -2.11. The zero-order chi connectivity index (χ0) is 24.0. The molecule has 0 aliphatic heterocycles. The topological polar surface area (TPSA) is 86.7 Å². The molecule has 0 N–H and O–H groups in total. The van der Waals surface area contributed by atoms with Crippen molar-refractivity contribution >= 4 is 32.4 Å². The number of hydrogen-bond acceptors (Lipinski definition) is 6. The van der Waals surface area contributed by atoms with E-state index in [0.717, 1.165) is 0 Å². The van der Waals surface area contributed by atoms with Gasteiger partial charge in [0.2, 0.25) is 0 Å². The van der Waals surface area contributed by atoms with Gasteiger partial charge in [-0.3, -0.25) is 0 Å². The van der Waals surface area contributed by atoms with Crippen molar-refractivity contribution in [3.05, 3.63) is 120 Å². The molecule has 0 aliphatic carbocycles. The van der Waals surface area contributed by atoms with E-state index < -0.39 is 20.2 Å². The molecule has 0 bridgehead atoms. The highest BCUT2D eigenvalue weighted by Gasteiger charge is 2.21. The zero-order valence-electron chi connectivity index (χ0n) is 17.8. The van der Waals surface area contributed by atoms with Gasteiger partial charge >= 0.3 is 20.2 Å². The first-order valence-corrected chi connectivity index (χ1v) is 13.0. The lowest BCUT2D eigenvalue weighted by Gasteiger charge is -2.10. The van der Waals surface area contributed by atoms with E-state index in [9.17, 15) is 16.8 Å². The molecule has 0 amide bonds. The maximum absolute atomic E-state index is 12.9. The summed E-state index contributed by atoms with van der Waals surface area (Å²) in [4.78, 5) is -0.0908. The molecule has 0 spiro atoms. The number of para-hydroxylation sites is 2. The van der Waals surface area contributed by atoms with Gasteiger partial charge in [-0.15, -0.1) is 0 Å². The molecular formula is C26H20O6S2. The van der Waals surface area contributed by atoms with Gasteiger partial charge in [-0.2, -0.15) is 16.8 Å². The highest BCUT2D eigenvalue weighted by molar-refractivity contribution is 7.87. The van der Waals surface area contributed by atoms with Gasteiger partial charge in [0.15, 0.2) is 0 Å². The minimum atomic E-state index is -4.12. The Morgan fingerprint density at radius 2 is 0.765 bits per heavy atom. The predicted octanol–water partition coefficient (Wildman–Crippen LogP) is 5.39. The van der Waals surface area contributed by atoms with Crippen LogP contribution in [0.15, 0.2) is 119 Å². The number of rotatable bonds is 8. The Morgan fingerprint density at radius 1 is 0.441 bits per heavy atom. The van der Waals surface area contributed by atoms with Crippen molar-refractivity contribution in [3.63, 3.8) is 0 Å². The van der Waals surface area contributed by atoms with Gasteiger partial charge in [0.1, 0.15) is 21.3 Å². The van der Waals surface area contributed by atoms with Crippen LogP contribution in [0.2, 0.25) is 0 Å². The highest BCUT2D eigenvalue weighted by Crippen LogP contribution is 2.26. The number of hydrogen-bond donors (Lipinski definition) is 0. The molecule has 0 fully saturated rings. The summed E-state index contributed by atoms with van der Waals surface area (Å²) in [5, 5.41) is 0. The first-order valence-electron chi connectivity index (χ1n) is 10.2. The molecule has 0 saturated carbocycles. The van der Waals surface area contributed by atoms with Crippen LogP contribution in [-0.4, -0.2) is 16.8 Å². The van der Waals surface area contributed by atoms with Crippen LogP contribution in [0.5, 0.6) is 11.5 Å². The predicted molar refractivity (Wildman–Crippen MR) is 130 cm³/mol. The largest absolute Gasteiger partial charge is 0.379 e. The molecule has 0 radical (unpaired) electrons. The van der Waals surface area contributed by atoms with Crippen molar-refractivity contribution in [2.24, 2.45) is 0 Å². The summed E-state index contributed by atoms with van der Waals surface area (Å²) in [7, 11) is -8.24. The van der Waals surface area contributed by atoms with Crippen molar-refractivity contribution in [2.45, 2.75) is 9.79 Å². The second kappa shape index (κ2) is 9.94. The fourth-order valence-electron chi connectivity index (χ4n) is 3.17. The average Bonchev–Trinajstić information content (AvgIpc) is 2.84. The van der Waals surface area contributed by atoms with Gasteiger partial charge in [-0.25, -0.2) is 0 Å². The Bertz CT molecular complexity index is 1400. The minimum Gasteiger partial charge on any atom is -0.379 e. The van der Waals surface area contributed by atoms with Crippen LogP contribution < -0.4 is 8.37 Å². The van der Waals surface area contributed by atoms with Crippen molar-refractivity contribution in [1.29, 1.82) is 0 Å². The molecule has 4 aromatic carbocycles. The Labute approximate surface area is 199 Å².